The maximum absolute atomic E-state index is 13.1. The first kappa shape index (κ1) is 71.1. The van der Waals surface area contributed by atoms with E-state index in [4.69, 9.17) is 9.47 Å². The monoisotopic (exact) mass is 1080 g/mol. The average molecular weight is 1080 g/mol. The van der Waals surface area contributed by atoms with Gasteiger partial charge in [-0.15, -0.1) is 0 Å². The molecule has 74 heavy (non-hydrogen) atoms. The molecule has 442 valence electrons. The molecule has 6 N–H and O–H groups in total. The van der Waals surface area contributed by atoms with Gasteiger partial charge in [0.15, 0.2) is 6.29 Å². The van der Waals surface area contributed by atoms with E-state index in [1.165, 1.54) is 250 Å². The molecule has 7 atom stereocenters. The summed E-state index contributed by atoms with van der Waals surface area (Å²) in [6.07, 6.45) is 53.0. The molecule has 1 aliphatic rings. The van der Waals surface area contributed by atoms with Gasteiger partial charge in [0, 0.05) is 6.42 Å². The quantitative estimate of drug-likeness (QED) is 0.0251. The van der Waals surface area contributed by atoms with Crippen LogP contribution in [-0.2, 0) is 28.9 Å². The second kappa shape index (κ2) is 51.5. The van der Waals surface area contributed by atoms with Crippen molar-refractivity contribution in [1.29, 1.82) is 0 Å². The lowest BCUT2D eigenvalue weighted by molar-refractivity contribution is -0.298. The Kier molecular flexibility index (Phi) is 49.5. The smallest absolute Gasteiger partial charge is 0.394 e. The van der Waals surface area contributed by atoms with Crippen LogP contribution in [0, 0.1) is 0 Å². The predicted molar refractivity (Wildman–Crippen MR) is 306 cm³/mol. The van der Waals surface area contributed by atoms with Gasteiger partial charge in [-0.25, -0.2) is 4.18 Å². The molecule has 1 fully saturated rings. The molecule has 7 unspecified atom stereocenters. The zero-order valence-corrected chi connectivity index (χ0v) is 49.0. The van der Waals surface area contributed by atoms with E-state index in [-0.39, 0.29) is 12.5 Å². The highest BCUT2D eigenvalue weighted by Gasteiger charge is 2.48. The Hall–Kier alpha value is -0.900. The highest BCUT2D eigenvalue weighted by atomic mass is 32.3. The van der Waals surface area contributed by atoms with Crippen LogP contribution in [-0.4, -0.2) is 95.4 Å². The number of carbonyl (C=O) groups excluding carboxylic acids is 1. The van der Waals surface area contributed by atoms with Gasteiger partial charge in [0.05, 0.1) is 25.4 Å². The molecule has 0 aliphatic carbocycles. The van der Waals surface area contributed by atoms with Crippen LogP contribution in [0.5, 0.6) is 0 Å². The zero-order valence-electron chi connectivity index (χ0n) is 48.2. The van der Waals surface area contributed by atoms with Crippen molar-refractivity contribution in [3.05, 3.63) is 0 Å². The van der Waals surface area contributed by atoms with Crippen molar-refractivity contribution < 1.29 is 51.8 Å². The summed E-state index contributed by atoms with van der Waals surface area (Å²) in [6.45, 7) is 3.49. The van der Waals surface area contributed by atoms with Crippen molar-refractivity contribution >= 4 is 16.3 Å². The zero-order chi connectivity index (χ0) is 54.0. The van der Waals surface area contributed by atoms with Crippen molar-refractivity contribution in [3.63, 3.8) is 0 Å². The van der Waals surface area contributed by atoms with E-state index in [1.54, 1.807) is 0 Å². The molecule has 1 saturated heterocycles. The van der Waals surface area contributed by atoms with Gasteiger partial charge >= 0.3 is 10.4 Å². The molecule has 1 amide bonds. The first-order valence-corrected chi connectivity index (χ1v) is 33.3. The molecule has 0 radical (unpaired) electrons. The predicted octanol–water partition coefficient (Wildman–Crippen LogP) is 15.6. The van der Waals surface area contributed by atoms with Gasteiger partial charge in [-0.1, -0.05) is 309 Å². The average Bonchev–Trinajstić information content (AvgIpc) is 3.38. The number of aliphatic hydroxyl groups excluding tert-OH is 4. The molecule has 0 saturated carbocycles. The van der Waals surface area contributed by atoms with Crippen LogP contribution < -0.4 is 5.32 Å². The van der Waals surface area contributed by atoms with E-state index in [2.05, 4.69) is 23.3 Å². The Morgan fingerprint density at radius 3 is 1.08 bits per heavy atom. The van der Waals surface area contributed by atoms with Gasteiger partial charge in [0.25, 0.3) is 0 Å². The van der Waals surface area contributed by atoms with Crippen LogP contribution in [0.15, 0.2) is 0 Å². The maximum Gasteiger partial charge on any atom is 0.397 e. The fourth-order valence-electron chi connectivity index (χ4n) is 10.8. The summed E-state index contributed by atoms with van der Waals surface area (Å²) in [5.74, 6) is -0.222. The minimum Gasteiger partial charge on any atom is -0.394 e. The summed E-state index contributed by atoms with van der Waals surface area (Å²) in [6, 6.07) is -0.852. The van der Waals surface area contributed by atoms with Gasteiger partial charge in [0.2, 0.25) is 5.91 Å². The van der Waals surface area contributed by atoms with E-state index in [0.29, 0.717) is 12.8 Å². The second-order valence-corrected chi connectivity index (χ2v) is 23.8. The summed E-state index contributed by atoms with van der Waals surface area (Å²) in [5.41, 5.74) is 0. The maximum atomic E-state index is 13.1. The van der Waals surface area contributed by atoms with Gasteiger partial charge in [0.1, 0.15) is 24.4 Å². The van der Waals surface area contributed by atoms with Crippen molar-refractivity contribution in [3.8, 4) is 0 Å². The lowest BCUT2D eigenvalue weighted by Gasteiger charge is -2.41. The number of amides is 1. The van der Waals surface area contributed by atoms with Crippen molar-refractivity contribution in [1.82, 2.24) is 5.32 Å². The second-order valence-electron chi connectivity index (χ2n) is 22.7. The lowest BCUT2D eigenvalue weighted by Crippen LogP contribution is -2.61. The van der Waals surface area contributed by atoms with Crippen LogP contribution in [0.4, 0.5) is 0 Å². The number of aliphatic hydroxyl groups is 4. The number of ether oxygens (including phenoxy) is 2. The molecule has 0 bridgehead atoms. The molecule has 12 nitrogen and oxygen atoms in total. The first-order valence-electron chi connectivity index (χ1n) is 31.9. The molecular formula is C61H121NO11S. The lowest BCUT2D eigenvalue weighted by atomic mass is 9.99. The molecule has 13 heteroatoms. The number of nitrogens with one attached hydrogen (secondary N) is 1. The van der Waals surface area contributed by atoms with Gasteiger partial charge in [-0.3, -0.25) is 9.35 Å². The largest absolute Gasteiger partial charge is 0.397 e. The standard InChI is InChI=1S/C61H121NO11S/c1-3-5-7-9-11-13-15-17-18-19-20-21-22-23-24-25-26-27-28-29-30-31-32-33-34-35-36-37-38-39-41-43-45-47-49-51-57(65)62-54(55(64)50-48-46-44-42-40-16-14-12-10-8-6-4-2)53-71-61-59(67)60(73-74(68,69)70)58(66)56(52-63)72-61/h54-56,58-61,63-64,66-67H,3-53H2,1-2H3,(H,62,65)(H,68,69,70). The Balaban J connectivity index is 2.13. The highest BCUT2D eigenvalue weighted by Crippen LogP contribution is 2.26. The summed E-state index contributed by atoms with van der Waals surface area (Å²) in [5, 5.41) is 45.1. The fraction of sp³-hybridized carbons (Fsp3) is 0.984. The van der Waals surface area contributed by atoms with Gasteiger partial charge in [-0.2, -0.15) is 8.42 Å². The third kappa shape index (κ3) is 43.0. The van der Waals surface area contributed by atoms with Crippen LogP contribution in [0.3, 0.4) is 0 Å². The molecule has 1 heterocycles. The first-order chi connectivity index (χ1) is 36.0. The molecule has 0 aromatic heterocycles. The van der Waals surface area contributed by atoms with Crippen molar-refractivity contribution in [2.24, 2.45) is 0 Å². The topological polar surface area (TPSA) is 192 Å². The Morgan fingerprint density at radius 1 is 0.486 bits per heavy atom. The molecule has 1 aliphatic heterocycles. The Morgan fingerprint density at radius 2 is 0.784 bits per heavy atom. The Bertz CT molecular complexity index is 1310. The minimum atomic E-state index is -5.08. The fourth-order valence-corrected chi connectivity index (χ4v) is 11.3. The molecule has 0 spiro atoms. The van der Waals surface area contributed by atoms with Crippen LogP contribution in [0.25, 0.3) is 0 Å². The molecule has 0 aromatic carbocycles. The summed E-state index contributed by atoms with van der Waals surface area (Å²) in [7, 11) is -5.08. The van der Waals surface area contributed by atoms with E-state index in [9.17, 15) is 38.2 Å². The van der Waals surface area contributed by atoms with Gasteiger partial charge in [-0.05, 0) is 12.8 Å². The van der Waals surface area contributed by atoms with E-state index in [0.717, 1.165) is 51.4 Å². The van der Waals surface area contributed by atoms with E-state index in [1.807, 2.05) is 0 Å². The van der Waals surface area contributed by atoms with E-state index < -0.39 is 59.9 Å². The van der Waals surface area contributed by atoms with Crippen molar-refractivity contribution in [2.75, 3.05) is 13.2 Å². The molecular weight excluding hydrogens is 955 g/mol. The summed E-state index contributed by atoms with van der Waals surface area (Å²) < 4.78 is 47.9. The molecule has 1 rings (SSSR count). The van der Waals surface area contributed by atoms with Crippen LogP contribution >= 0.6 is 0 Å². The number of unbranched alkanes of at least 4 members (excludes halogenated alkanes) is 45. The minimum absolute atomic E-state index is 0.222. The number of hydrogen-bond acceptors (Lipinski definition) is 10. The number of rotatable bonds is 57. The van der Waals surface area contributed by atoms with Gasteiger partial charge < -0.3 is 35.2 Å². The summed E-state index contributed by atoms with van der Waals surface area (Å²) >= 11 is 0. The SMILES string of the molecule is CCCCCCCCCCCCCCCCCCCCCCCCCCCCCCCCCCCCCC(=O)NC(COC1OC(CO)C(O)C(OS(=O)(=O)O)C1O)C(O)CCCCCCCCCCCCCC. The number of hydrogen-bond donors (Lipinski definition) is 6. The Labute approximate surface area is 456 Å². The highest BCUT2D eigenvalue weighted by molar-refractivity contribution is 7.80. The summed E-state index contributed by atoms with van der Waals surface area (Å²) in [4.78, 5) is 13.1. The normalized spacial score (nSPS) is 19.0. The third-order valence-electron chi connectivity index (χ3n) is 15.7. The van der Waals surface area contributed by atoms with Crippen LogP contribution in [0.1, 0.15) is 328 Å². The number of carbonyl (C=O) groups is 1. The van der Waals surface area contributed by atoms with E-state index >= 15 is 0 Å². The third-order valence-corrected chi connectivity index (χ3v) is 16.1. The van der Waals surface area contributed by atoms with Crippen molar-refractivity contribution in [2.45, 2.75) is 371 Å². The molecule has 0 aromatic rings. The van der Waals surface area contributed by atoms with Crippen LogP contribution in [0.2, 0.25) is 0 Å².